The van der Waals surface area contributed by atoms with Crippen molar-refractivity contribution in [1.82, 2.24) is 0 Å². The fraction of sp³-hybridized carbons (Fsp3) is 0.294. The molecular formula is C17H17BrO3. The molecule has 0 spiro atoms. The first kappa shape index (κ1) is 14.6. The number of rotatable bonds is 4. The molecule has 3 rings (SSSR count). The van der Waals surface area contributed by atoms with Crippen LogP contribution in [0.4, 0.5) is 0 Å². The summed E-state index contributed by atoms with van der Waals surface area (Å²) < 4.78 is 12.6. The largest absolute Gasteiger partial charge is 0.491 e. The lowest BCUT2D eigenvalue weighted by Gasteiger charge is -2.26. The van der Waals surface area contributed by atoms with E-state index in [-0.39, 0.29) is 12.7 Å². The van der Waals surface area contributed by atoms with Crippen LogP contribution in [0.25, 0.3) is 0 Å². The molecule has 1 atom stereocenters. The van der Waals surface area contributed by atoms with Crippen molar-refractivity contribution in [1.29, 1.82) is 0 Å². The molecule has 0 fully saturated rings. The molecule has 0 bridgehead atoms. The third-order valence-corrected chi connectivity index (χ3v) is 4.45. The van der Waals surface area contributed by atoms with Gasteiger partial charge in [0.2, 0.25) is 0 Å². The molecule has 1 N–H and O–H groups in total. The van der Waals surface area contributed by atoms with E-state index in [0.717, 1.165) is 28.8 Å². The van der Waals surface area contributed by atoms with E-state index in [1.54, 1.807) is 0 Å². The van der Waals surface area contributed by atoms with Crippen LogP contribution in [-0.4, -0.2) is 18.3 Å². The zero-order chi connectivity index (χ0) is 14.7. The van der Waals surface area contributed by atoms with Crippen LogP contribution < -0.4 is 4.74 Å². The Kier molecular flexibility index (Phi) is 4.58. The first-order chi connectivity index (χ1) is 10.3. The summed E-state index contributed by atoms with van der Waals surface area (Å²) in [4.78, 5) is 0. The van der Waals surface area contributed by atoms with Gasteiger partial charge in [-0.25, -0.2) is 0 Å². The van der Waals surface area contributed by atoms with E-state index in [1.807, 2.05) is 24.3 Å². The highest BCUT2D eigenvalue weighted by Crippen LogP contribution is 2.28. The number of benzene rings is 2. The zero-order valence-electron chi connectivity index (χ0n) is 11.6. The molecular weight excluding hydrogens is 332 g/mol. The predicted octanol–water partition coefficient (Wildman–Crippen LogP) is 3.63. The molecule has 1 aliphatic rings. The first-order valence-electron chi connectivity index (χ1n) is 6.99. The van der Waals surface area contributed by atoms with Crippen molar-refractivity contribution in [2.75, 3.05) is 13.2 Å². The second kappa shape index (κ2) is 6.60. The molecule has 2 aromatic carbocycles. The van der Waals surface area contributed by atoms with Crippen molar-refractivity contribution in [2.24, 2.45) is 0 Å². The maximum atomic E-state index is 9.28. The number of hydrogen-bond donors (Lipinski definition) is 1. The molecule has 0 saturated carbocycles. The Morgan fingerprint density at radius 1 is 1.24 bits per heavy atom. The molecule has 110 valence electrons. The minimum absolute atomic E-state index is 0.0133. The molecule has 21 heavy (non-hydrogen) atoms. The summed E-state index contributed by atoms with van der Waals surface area (Å²) in [5, 5.41) is 9.28. The van der Waals surface area contributed by atoms with Crippen LogP contribution in [0.3, 0.4) is 0 Å². The average molecular weight is 349 g/mol. The SMILES string of the molecule is OCc1cc(OCC2OCCc3ccccc32)ccc1Br. The summed E-state index contributed by atoms with van der Waals surface area (Å²) in [5.41, 5.74) is 3.37. The predicted molar refractivity (Wildman–Crippen MR) is 84.4 cm³/mol. The third-order valence-electron chi connectivity index (χ3n) is 3.68. The molecule has 3 nitrogen and oxygen atoms in total. The highest BCUT2D eigenvalue weighted by atomic mass is 79.9. The topological polar surface area (TPSA) is 38.7 Å². The van der Waals surface area contributed by atoms with Gasteiger partial charge in [-0.1, -0.05) is 40.2 Å². The number of aliphatic hydroxyl groups excluding tert-OH is 1. The molecule has 0 aliphatic carbocycles. The van der Waals surface area contributed by atoms with Gasteiger partial charge in [-0.15, -0.1) is 0 Å². The second-order valence-corrected chi connectivity index (χ2v) is 5.88. The maximum Gasteiger partial charge on any atom is 0.119 e. The molecule has 0 amide bonds. The van der Waals surface area contributed by atoms with Crippen LogP contribution in [0.5, 0.6) is 5.75 Å². The molecule has 1 unspecified atom stereocenters. The van der Waals surface area contributed by atoms with Crippen LogP contribution >= 0.6 is 15.9 Å². The summed E-state index contributed by atoms with van der Waals surface area (Å²) in [6, 6.07) is 14.0. The summed E-state index contributed by atoms with van der Waals surface area (Å²) in [6.07, 6.45) is 0.927. The number of hydrogen-bond acceptors (Lipinski definition) is 3. The monoisotopic (exact) mass is 348 g/mol. The average Bonchev–Trinajstić information content (AvgIpc) is 2.54. The highest BCUT2D eigenvalue weighted by Gasteiger charge is 2.21. The number of aliphatic hydroxyl groups is 1. The zero-order valence-corrected chi connectivity index (χ0v) is 13.2. The van der Waals surface area contributed by atoms with Gasteiger partial charge in [-0.2, -0.15) is 0 Å². The molecule has 0 aromatic heterocycles. The Hall–Kier alpha value is -1.36. The Morgan fingerprint density at radius 3 is 2.95 bits per heavy atom. The highest BCUT2D eigenvalue weighted by molar-refractivity contribution is 9.10. The Morgan fingerprint density at radius 2 is 2.10 bits per heavy atom. The molecule has 4 heteroatoms. The Labute approximate surface area is 132 Å². The van der Waals surface area contributed by atoms with E-state index in [4.69, 9.17) is 9.47 Å². The minimum atomic E-state index is -0.0313. The lowest BCUT2D eigenvalue weighted by atomic mass is 9.98. The van der Waals surface area contributed by atoms with Gasteiger partial charge >= 0.3 is 0 Å². The van der Waals surface area contributed by atoms with Crippen molar-refractivity contribution in [3.63, 3.8) is 0 Å². The fourth-order valence-electron chi connectivity index (χ4n) is 2.55. The van der Waals surface area contributed by atoms with Gasteiger partial charge in [0.15, 0.2) is 0 Å². The van der Waals surface area contributed by atoms with E-state index in [2.05, 4.69) is 34.1 Å². The van der Waals surface area contributed by atoms with E-state index >= 15 is 0 Å². The lowest BCUT2D eigenvalue weighted by molar-refractivity contribution is 0.0102. The standard InChI is InChI=1S/C17H17BrO3/c18-16-6-5-14(9-13(16)10-19)21-11-17-15-4-2-1-3-12(15)7-8-20-17/h1-6,9,17,19H,7-8,10-11H2. The second-order valence-electron chi connectivity index (χ2n) is 5.03. The van der Waals surface area contributed by atoms with Gasteiger partial charge in [0, 0.05) is 4.47 Å². The van der Waals surface area contributed by atoms with E-state index in [1.165, 1.54) is 11.1 Å². The van der Waals surface area contributed by atoms with Crippen molar-refractivity contribution in [3.05, 3.63) is 63.6 Å². The van der Waals surface area contributed by atoms with Crippen LogP contribution in [0.1, 0.15) is 22.8 Å². The van der Waals surface area contributed by atoms with Gasteiger partial charge in [0.05, 0.1) is 13.2 Å². The quantitative estimate of drug-likeness (QED) is 0.916. The van der Waals surface area contributed by atoms with Gasteiger partial charge in [0.1, 0.15) is 18.5 Å². The summed E-state index contributed by atoms with van der Waals surface area (Å²) in [5.74, 6) is 0.744. The van der Waals surface area contributed by atoms with Gasteiger partial charge in [0.25, 0.3) is 0 Å². The smallest absolute Gasteiger partial charge is 0.119 e. The van der Waals surface area contributed by atoms with E-state index in [9.17, 15) is 5.11 Å². The van der Waals surface area contributed by atoms with Crippen LogP contribution in [0.15, 0.2) is 46.9 Å². The molecule has 1 heterocycles. The van der Waals surface area contributed by atoms with Crippen LogP contribution in [0.2, 0.25) is 0 Å². The first-order valence-corrected chi connectivity index (χ1v) is 7.78. The fourth-order valence-corrected chi connectivity index (χ4v) is 2.92. The van der Waals surface area contributed by atoms with Gasteiger partial charge < -0.3 is 14.6 Å². The summed E-state index contributed by atoms with van der Waals surface area (Å²) in [6.45, 7) is 1.19. The minimum Gasteiger partial charge on any atom is -0.491 e. The van der Waals surface area contributed by atoms with Gasteiger partial charge in [-0.05, 0) is 41.3 Å². The molecule has 0 radical (unpaired) electrons. The van der Waals surface area contributed by atoms with Crippen LogP contribution in [-0.2, 0) is 17.8 Å². The number of fused-ring (bicyclic) bond motifs is 1. The summed E-state index contributed by atoms with van der Waals surface area (Å²) in [7, 11) is 0. The lowest BCUT2D eigenvalue weighted by Crippen LogP contribution is -2.21. The van der Waals surface area contributed by atoms with Crippen molar-refractivity contribution >= 4 is 15.9 Å². The van der Waals surface area contributed by atoms with Crippen LogP contribution in [0, 0.1) is 0 Å². The summed E-state index contributed by atoms with van der Waals surface area (Å²) >= 11 is 3.40. The third kappa shape index (κ3) is 3.28. The van der Waals surface area contributed by atoms with Crippen molar-refractivity contribution < 1.29 is 14.6 Å². The van der Waals surface area contributed by atoms with E-state index < -0.39 is 0 Å². The number of ether oxygens (including phenoxy) is 2. The number of halogens is 1. The van der Waals surface area contributed by atoms with Crippen molar-refractivity contribution in [2.45, 2.75) is 19.1 Å². The van der Waals surface area contributed by atoms with Crippen molar-refractivity contribution in [3.8, 4) is 5.75 Å². The van der Waals surface area contributed by atoms with Gasteiger partial charge in [-0.3, -0.25) is 0 Å². The Bertz CT molecular complexity index is 627. The molecule has 2 aromatic rings. The maximum absolute atomic E-state index is 9.28. The molecule has 0 saturated heterocycles. The molecule has 1 aliphatic heterocycles. The Balaban J connectivity index is 1.71. The normalized spacial score (nSPS) is 17.3. The van der Waals surface area contributed by atoms with E-state index in [0.29, 0.717) is 6.61 Å².